The van der Waals surface area contributed by atoms with Crippen molar-refractivity contribution in [1.82, 2.24) is 9.88 Å². The fraction of sp³-hybridized carbons (Fsp3) is 0.355. The molecule has 2 heterocycles. The third-order valence-corrected chi connectivity index (χ3v) is 8.13. The number of anilines is 1. The molecule has 2 atom stereocenters. The molecule has 0 bridgehead atoms. The van der Waals surface area contributed by atoms with Crippen molar-refractivity contribution in [3.63, 3.8) is 0 Å². The molecule has 2 amide bonds. The molecule has 246 valence electrons. The number of aliphatic carboxylic acids is 1. The lowest BCUT2D eigenvalue weighted by atomic mass is 9.81. The van der Waals surface area contributed by atoms with Crippen molar-refractivity contribution in [2.45, 2.75) is 63.5 Å². The molecule has 4 rings (SSSR count). The van der Waals surface area contributed by atoms with Crippen LogP contribution in [0.5, 0.6) is 0 Å². The number of aryl methyl sites for hydroxylation is 1. The third kappa shape index (κ3) is 6.49. The number of carboxylic acids is 1. The van der Waals surface area contributed by atoms with Crippen molar-refractivity contribution in [3.8, 4) is 11.1 Å². The summed E-state index contributed by atoms with van der Waals surface area (Å²) in [4.78, 5) is 43.7. The quantitative estimate of drug-likeness (QED) is 0.267. The van der Waals surface area contributed by atoms with E-state index in [-0.39, 0.29) is 35.9 Å². The standard InChI is InChI=1S/C31H28F7N3O5/c1-15-9-19(32)5-6-20(15)21-13-22(23-7-8-24(26(42)43)41(23)28(45)46)39-14-25(21)40(4)27(44)29(2,3)16-10-17(30(33,34)35)12-18(11-16)31(36,37)38/h5-6,9-14,23-24H,7-8H2,1-4H3,(H,42,43)(H,45,46)/t23-,24+/m1/s1. The summed E-state index contributed by atoms with van der Waals surface area (Å²) in [5.41, 5.74) is -4.62. The van der Waals surface area contributed by atoms with E-state index in [0.717, 1.165) is 15.9 Å². The maximum atomic E-state index is 14.0. The zero-order valence-corrected chi connectivity index (χ0v) is 24.8. The maximum Gasteiger partial charge on any atom is 0.416 e. The van der Waals surface area contributed by atoms with Crippen LogP contribution in [-0.2, 0) is 27.4 Å². The monoisotopic (exact) mass is 655 g/mol. The molecule has 0 spiro atoms. The van der Waals surface area contributed by atoms with Crippen LogP contribution in [0.15, 0.2) is 48.7 Å². The van der Waals surface area contributed by atoms with Crippen molar-refractivity contribution < 1.29 is 55.3 Å². The third-order valence-electron chi connectivity index (χ3n) is 8.13. The number of carbonyl (C=O) groups is 3. The van der Waals surface area contributed by atoms with E-state index >= 15 is 0 Å². The minimum atomic E-state index is -5.14. The summed E-state index contributed by atoms with van der Waals surface area (Å²) < 4.78 is 95.6. The van der Waals surface area contributed by atoms with Crippen LogP contribution in [-0.4, -0.2) is 51.2 Å². The van der Waals surface area contributed by atoms with Gasteiger partial charge >= 0.3 is 24.4 Å². The number of carbonyl (C=O) groups excluding carboxylic acids is 1. The molecule has 2 N–H and O–H groups in total. The zero-order valence-electron chi connectivity index (χ0n) is 24.8. The normalized spacial score (nSPS) is 17.2. The Morgan fingerprint density at radius 1 is 0.870 bits per heavy atom. The number of likely N-dealkylation sites (tertiary alicyclic amines) is 1. The highest BCUT2D eigenvalue weighted by molar-refractivity contribution is 6.03. The van der Waals surface area contributed by atoms with Crippen molar-refractivity contribution in [2.24, 2.45) is 0 Å². The lowest BCUT2D eigenvalue weighted by Gasteiger charge is -2.32. The first kappa shape index (κ1) is 34.2. The van der Waals surface area contributed by atoms with E-state index in [9.17, 15) is 55.3 Å². The summed E-state index contributed by atoms with van der Waals surface area (Å²) in [7, 11) is 1.24. The number of benzene rings is 2. The lowest BCUT2D eigenvalue weighted by Crippen LogP contribution is -2.42. The van der Waals surface area contributed by atoms with Crippen molar-refractivity contribution in [1.29, 1.82) is 0 Å². The largest absolute Gasteiger partial charge is 0.480 e. The number of aromatic nitrogens is 1. The van der Waals surface area contributed by atoms with E-state index < -0.39 is 70.3 Å². The Kier molecular flexibility index (Phi) is 8.85. The number of halogens is 7. The number of nitrogens with zero attached hydrogens (tertiary/aromatic N) is 3. The van der Waals surface area contributed by atoms with Crippen LogP contribution in [0.4, 0.5) is 41.2 Å². The van der Waals surface area contributed by atoms with E-state index in [1.165, 1.54) is 45.3 Å². The SMILES string of the molecule is Cc1cc(F)ccc1-c1cc([C@H]2CC[C@@H](C(=O)O)N2C(=O)O)ncc1N(C)C(=O)C(C)(C)c1cc(C(F)(F)F)cc(C(F)(F)F)c1. The fourth-order valence-corrected chi connectivity index (χ4v) is 5.64. The van der Waals surface area contributed by atoms with Crippen molar-refractivity contribution in [3.05, 3.63) is 82.4 Å². The van der Waals surface area contributed by atoms with Crippen LogP contribution in [0.25, 0.3) is 11.1 Å². The predicted molar refractivity (Wildman–Crippen MR) is 151 cm³/mol. The summed E-state index contributed by atoms with van der Waals surface area (Å²) in [6, 6.07) is 3.66. The number of alkyl halides is 6. The van der Waals surface area contributed by atoms with E-state index in [2.05, 4.69) is 4.98 Å². The summed E-state index contributed by atoms with van der Waals surface area (Å²) >= 11 is 0. The molecule has 0 saturated carbocycles. The van der Waals surface area contributed by atoms with Gasteiger partial charge in [0.15, 0.2) is 0 Å². The highest BCUT2D eigenvalue weighted by Crippen LogP contribution is 2.43. The molecule has 15 heteroatoms. The van der Waals surface area contributed by atoms with Gasteiger partial charge in [0, 0.05) is 12.6 Å². The van der Waals surface area contributed by atoms with Crippen LogP contribution in [0.3, 0.4) is 0 Å². The molecule has 1 aliphatic rings. The van der Waals surface area contributed by atoms with Gasteiger partial charge in [-0.3, -0.25) is 14.7 Å². The minimum Gasteiger partial charge on any atom is -0.480 e. The van der Waals surface area contributed by atoms with E-state index in [4.69, 9.17) is 0 Å². The minimum absolute atomic E-state index is 0.00980. The number of rotatable bonds is 6. The van der Waals surface area contributed by atoms with Gasteiger partial charge < -0.3 is 15.1 Å². The fourth-order valence-electron chi connectivity index (χ4n) is 5.64. The molecular formula is C31H28F7N3O5. The van der Waals surface area contributed by atoms with E-state index in [1.807, 2.05) is 0 Å². The molecule has 1 aromatic heterocycles. The number of likely N-dealkylation sites (N-methyl/N-ethyl adjacent to an activating group) is 1. The van der Waals surface area contributed by atoms with Gasteiger partial charge in [0.25, 0.3) is 0 Å². The number of pyridine rings is 1. The van der Waals surface area contributed by atoms with Crippen LogP contribution >= 0.6 is 0 Å². The smallest absolute Gasteiger partial charge is 0.416 e. The number of amides is 2. The van der Waals surface area contributed by atoms with Gasteiger partial charge in [-0.1, -0.05) is 6.07 Å². The van der Waals surface area contributed by atoms with Gasteiger partial charge in [-0.25, -0.2) is 14.0 Å². The first-order valence-electron chi connectivity index (χ1n) is 13.7. The molecule has 3 aromatic rings. The second-order valence-electron chi connectivity index (χ2n) is 11.5. The van der Waals surface area contributed by atoms with Crippen molar-refractivity contribution >= 4 is 23.7 Å². The lowest BCUT2D eigenvalue weighted by molar-refractivity contribution is -0.144. The Morgan fingerprint density at radius 3 is 1.93 bits per heavy atom. The van der Waals surface area contributed by atoms with Gasteiger partial charge in [-0.15, -0.1) is 0 Å². The second kappa shape index (κ2) is 11.9. The topological polar surface area (TPSA) is 111 Å². The van der Waals surface area contributed by atoms with Crippen LogP contribution in [0.1, 0.15) is 60.7 Å². The highest BCUT2D eigenvalue weighted by Gasteiger charge is 2.44. The average Bonchev–Trinajstić information content (AvgIpc) is 3.41. The Labute approximate surface area is 258 Å². The average molecular weight is 656 g/mol. The summed E-state index contributed by atoms with van der Waals surface area (Å²) in [5, 5.41) is 19.3. The van der Waals surface area contributed by atoms with Gasteiger partial charge in [0.1, 0.15) is 11.9 Å². The second-order valence-corrected chi connectivity index (χ2v) is 11.5. The molecule has 0 aliphatic carbocycles. The number of carboxylic acid groups (broad SMARTS) is 2. The molecule has 8 nitrogen and oxygen atoms in total. The van der Waals surface area contributed by atoms with E-state index in [0.29, 0.717) is 23.3 Å². The summed E-state index contributed by atoms with van der Waals surface area (Å²) in [5.74, 6) is -2.87. The first-order chi connectivity index (χ1) is 21.1. The molecule has 1 fully saturated rings. The first-order valence-corrected chi connectivity index (χ1v) is 13.7. The molecule has 1 aliphatic heterocycles. The highest BCUT2D eigenvalue weighted by atomic mass is 19.4. The van der Waals surface area contributed by atoms with E-state index in [1.54, 1.807) is 6.92 Å². The van der Waals surface area contributed by atoms with Crippen molar-refractivity contribution in [2.75, 3.05) is 11.9 Å². The Morgan fingerprint density at radius 2 is 1.43 bits per heavy atom. The van der Waals surface area contributed by atoms with Crippen LogP contribution < -0.4 is 4.90 Å². The van der Waals surface area contributed by atoms with Gasteiger partial charge in [-0.05, 0) is 86.7 Å². The van der Waals surface area contributed by atoms with Crippen LogP contribution in [0.2, 0.25) is 0 Å². The molecule has 0 unspecified atom stereocenters. The Bertz CT molecular complexity index is 1670. The summed E-state index contributed by atoms with van der Waals surface area (Å²) in [6.45, 7) is 3.89. The maximum absolute atomic E-state index is 14.0. The van der Waals surface area contributed by atoms with Gasteiger partial charge in [0.2, 0.25) is 5.91 Å². The predicted octanol–water partition coefficient (Wildman–Crippen LogP) is 7.44. The molecule has 2 aromatic carbocycles. The number of hydrogen-bond acceptors (Lipinski definition) is 4. The Balaban J connectivity index is 1.86. The Hall–Kier alpha value is -4.69. The van der Waals surface area contributed by atoms with Crippen LogP contribution in [0, 0.1) is 12.7 Å². The molecule has 1 saturated heterocycles. The van der Waals surface area contributed by atoms with Gasteiger partial charge in [-0.2, -0.15) is 26.3 Å². The summed E-state index contributed by atoms with van der Waals surface area (Å²) in [6.07, 6.45) is -10.5. The zero-order chi connectivity index (χ0) is 34.5. The molecule has 46 heavy (non-hydrogen) atoms. The molecule has 0 radical (unpaired) electrons. The molecular weight excluding hydrogens is 627 g/mol. The number of hydrogen-bond donors (Lipinski definition) is 2. The van der Waals surface area contributed by atoms with Gasteiger partial charge in [0.05, 0.1) is 40.2 Å².